The average Bonchev–Trinajstić information content (AvgIpc) is 2.91. The zero-order valence-corrected chi connectivity index (χ0v) is 12.1. The maximum absolute atomic E-state index is 4.75. The van der Waals surface area contributed by atoms with Crippen LogP contribution in [0.2, 0.25) is 0 Å². The molecule has 1 saturated carbocycles. The third kappa shape index (κ3) is 3.30. The van der Waals surface area contributed by atoms with Crippen LogP contribution >= 0.6 is 11.8 Å². The van der Waals surface area contributed by atoms with Gasteiger partial charge >= 0.3 is 0 Å². The highest BCUT2D eigenvalue weighted by Crippen LogP contribution is 2.43. The number of hydrogen-bond acceptors (Lipinski definition) is 4. The summed E-state index contributed by atoms with van der Waals surface area (Å²) in [7, 11) is 0. The number of thioether (sulfide) groups is 1. The molecule has 1 N–H and O–H groups in total. The number of rotatable bonds is 3. The van der Waals surface area contributed by atoms with E-state index in [9.17, 15) is 0 Å². The lowest BCUT2D eigenvalue weighted by Crippen LogP contribution is -2.34. The first kappa shape index (κ1) is 13.0. The second-order valence-electron chi connectivity index (χ2n) is 5.65. The van der Waals surface area contributed by atoms with Gasteiger partial charge in [-0.05, 0) is 42.4 Å². The van der Waals surface area contributed by atoms with Gasteiger partial charge in [-0.1, -0.05) is 24.6 Å². The molecule has 2 aliphatic rings. The number of hydrogen-bond donors (Lipinski definition) is 1. The normalized spacial score (nSPS) is 21.4. The summed E-state index contributed by atoms with van der Waals surface area (Å²) in [6.45, 7) is 2.00. The van der Waals surface area contributed by atoms with Crippen molar-refractivity contribution >= 4 is 16.9 Å². The van der Waals surface area contributed by atoms with Gasteiger partial charge in [-0.15, -0.1) is 0 Å². The van der Waals surface area contributed by atoms with Crippen LogP contribution in [0, 0.1) is 5.41 Å². The van der Waals surface area contributed by atoms with Gasteiger partial charge in [-0.2, -0.15) is 0 Å². The van der Waals surface area contributed by atoms with Crippen LogP contribution in [0.25, 0.3) is 0 Å². The van der Waals surface area contributed by atoms with Gasteiger partial charge in [0.2, 0.25) is 0 Å². The lowest BCUT2D eigenvalue weighted by molar-refractivity contribution is 0.358. The van der Waals surface area contributed by atoms with Gasteiger partial charge in [0.15, 0.2) is 5.17 Å². The summed E-state index contributed by atoms with van der Waals surface area (Å²) in [6.07, 6.45) is 10.3. The van der Waals surface area contributed by atoms with Gasteiger partial charge in [0.25, 0.3) is 0 Å². The Labute approximate surface area is 119 Å². The summed E-state index contributed by atoms with van der Waals surface area (Å²) in [6, 6.07) is 4.15. The van der Waals surface area contributed by atoms with E-state index in [1.165, 1.54) is 37.0 Å². The second-order valence-corrected chi connectivity index (χ2v) is 6.61. The molecule has 0 bridgehead atoms. The summed E-state index contributed by atoms with van der Waals surface area (Å²) in [5, 5.41) is 4.61. The van der Waals surface area contributed by atoms with Gasteiger partial charge < -0.3 is 5.32 Å². The average molecular weight is 275 g/mol. The summed E-state index contributed by atoms with van der Waals surface area (Å²) in [5.41, 5.74) is 1.87. The fourth-order valence-electron chi connectivity index (χ4n) is 2.95. The molecule has 0 radical (unpaired) electrons. The molecule has 0 amide bonds. The number of amidine groups is 1. The Bertz CT molecular complexity index is 438. The fourth-order valence-corrected chi connectivity index (χ4v) is 4.13. The molecule has 1 spiro atoms. The van der Waals surface area contributed by atoms with E-state index in [0.29, 0.717) is 5.41 Å². The molecular formula is C15H21N3S. The van der Waals surface area contributed by atoms with Crippen LogP contribution in [0.5, 0.6) is 0 Å². The van der Waals surface area contributed by atoms with Crippen LogP contribution in [0.15, 0.2) is 29.5 Å². The standard InChI is InChI=1S/C15H21N3S/c1-2-7-15(6-1)11-18-14(19-12-15)17-10-5-13-3-8-16-9-4-13/h3-4,8-9H,1-2,5-7,10-12H2,(H,17,18). The topological polar surface area (TPSA) is 37.3 Å². The van der Waals surface area contributed by atoms with Crippen LogP contribution < -0.4 is 5.32 Å². The largest absolute Gasteiger partial charge is 0.365 e. The number of nitrogens with zero attached hydrogens (tertiary/aromatic N) is 2. The molecule has 2 heterocycles. The van der Waals surface area contributed by atoms with Crippen molar-refractivity contribution in [2.24, 2.45) is 10.4 Å². The molecule has 1 aliphatic carbocycles. The monoisotopic (exact) mass is 275 g/mol. The Kier molecular flexibility index (Phi) is 4.06. The minimum atomic E-state index is 0.543. The molecule has 1 fully saturated rings. The molecule has 3 rings (SSSR count). The van der Waals surface area contributed by atoms with Gasteiger partial charge in [-0.25, -0.2) is 0 Å². The highest BCUT2D eigenvalue weighted by atomic mass is 32.2. The maximum atomic E-state index is 4.75. The predicted octanol–water partition coefficient (Wildman–Crippen LogP) is 2.88. The minimum absolute atomic E-state index is 0.543. The molecule has 1 aromatic rings. The minimum Gasteiger partial charge on any atom is -0.365 e. The van der Waals surface area contributed by atoms with E-state index in [2.05, 4.69) is 22.4 Å². The third-order valence-corrected chi connectivity index (χ3v) is 5.48. The van der Waals surface area contributed by atoms with Crippen molar-refractivity contribution in [1.29, 1.82) is 0 Å². The zero-order chi connectivity index (χ0) is 13.0. The van der Waals surface area contributed by atoms with Crippen LogP contribution in [-0.4, -0.2) is 29.0 Å². The number of pyridine rings is 1. The molecule has 0 saturated heterocycles. The zero-order valence-electron chi connectivity index (χ0n) is 11.3. The van der Waals surface area contributed by atoms with Crippen molar-refractivity contribution in [3.05, 3.63) is 30.1 Å². The van der Waals surface area contributed by atoms with E-state index in [-0.39, 0.29) is 0 Å². The number of aliphatic imine (C=N–C) groups is 1. The van der Waals surface area contributed by atoms with Crippen molar-refractivity contribution < 1.29 is 0 Å². The van der Waals surface area contributed by atoms with Crippen molar-refractivity contribution in [3.63, 3.8) is 0 Å². The number of nitrogens with one attached hydrogen (secondary N) is 1. The van der Waals surface area contributed by atoms with Gasteiger partial charge in [-0.3, -0.25) is 9.98 Å². The lowest BCUT2D eigenvalue weighted by Gasteiger charge is -2.31. The van der Waals surface area contributed by atoms with Crippen molar-refractivity contribution in [3.8, 4) is 0 Å². The molecule has 102 valence electrons. The van der Waals surface area contributed by atoms with E-state index in [1.54, 1.807) is 0 Å². The van der Waals surface area contributed by atoms with E-state index in [1.807, 2.05) is 24.2 Å². The van der Waals surface area contributed by atoms with Gasteiger partial charge in [0.1, 0.15) is 0 Å². The molecule has 3 nitrogen and oxygen atoms in total. The Morgan fingerprint density at radius 3 is 2.68 bits per heavy atom. The van der Waals surface area contributed by atoms with E-state index in [0.717, 1.165) is 24.7 Å². The third-order valence-electron chi connectivity index (χ3n) is 4.18. The first-order chi connectivity index (χ1) is 9.36. The lowest BCUT2D eigenvalue weighted by atomic mass is 9.89. The number of aromatic nitrogens is 1. The molecule has 0 unspecified atom stereocenters. The Morgan fingerprint density at radius 2 is 2.00 bits per heavy atom. The second kappa shape index (κ2) is 5.95. The molecule has 19 heavy (non-hydrogen) atoms. The van der Waals surface area contributed by atoms with E-state index < -0.39 is 0 Å². The maximum Gasteiger partial charge on any atom is 0.156 e. The molecular weight excluding hydrogens is 254 g/mol. The van der Waals surface area contributed by atoms with Crippen molar-refractivity contribution in [2.45, 2.75) is 32.1 Å². The van der Waals surface area contributed by atoms with Gasteiger partial charge in [0.05, 0.1) is 0 Å². The molecule has 4 heteroatoms. The Balaban J connectivity index is 1.45. The van der Waals surface area contributed by atoms with Crippen molar-refractivity contribution in [2.75, 3.05) is 18.8 Å². The van der Waals surface area contributed by atoms with Crippen LogP contribution in [-0.2, 0) is 6.42 Å². The highest BCUT2D eigenvalue weighted by molar-refractivity contribution is 8.13. The Hall–Kier alpha value is -1.03. The molecule has 1 aromatic heterocycles. The summed E-state index contributed by atoms with van der Waals surface area (Å²) in [4.78, 5) is 8.79. The smallest absolute Gasteiger partial charge is 0.156 e. The van der Waals surface area contributed by atoms with Crippen LogP contribution in [0.4, 0.5) is 0 Å². The quantitative estimate of drug-likeness (QED) is 0.921. The van der Waals surface area contributed by atoms with Crippen molar-refractivity contribution in [1.82, 2.24) is 10.3 Å². The first-order valence-electron chi connectivity index (χ1n) is 7.16. The summed E-state index contributed by atoms with van der Waals surface area (Å²) in [5.74, 6) is 1.26. The molecule has 0 aromatic carbocycles. The molecule has 1 aliphatic heterocycles. The first-order valence-corrected chi connectivity index (χ1v) is 8.15. The molecule has 0 atom stereocenters. The van der Waals surface area contributed by atoms with Gasteiger partial charge in [0, 0.05) is 31.2 Å². The van der Waals surface area contributed by atoms with E-state index in [4.69, 9.17) is 4.99 Å². The Morgan fingerprint density at radius 1 is 1.21 bits per heavy atom. The highest BCUT2D eigenvalue weighted by Gasteiger charge is 2.36. The summed E-state index contributed by atoms with van der Waals surface area (Å²) < 4.78 is 0. The summed E-state index contributed by atoms with van der Waals surface area (Å²) >= 11 is 1.92. The van der Waals surface area contributed by atoms with Crippen LogP contribution in [0.3, 0.4) is 0 Å². The van der Waals surface area contributed by atoms with E-state index >= 15 is 0 Å². The van der Waals surface area contributed by atoms with Crippen LogP contribution in [0.1, 0.15) is 31.2 Å². The SMILES string of the molecule is c1cc(CCNC2=NCC3(CCCC3)CS2)ccn1. The fraction of sp³-hybridized carbons (Fsp3) is 0.600. The predicted molar refractivity (Wildman–Crippen MR) is 81.6 cm³/mol.